The number of aliphatic hydroxyl groups excluding tert-OH is 2. The van der Waals surface area contributed by atoms with Crippen molar-refractivity contribution in [3.8, 4) is 0 Å². The van der Waals surface area contributed by atoms with Crippen molar-refractivity contribution in [1.82, 2.24) is 5.32 Å². The second kappa shape index (κ2) is 14.6. The summed E-state index contributed by atoms with van der Waals surface area (Å²) in [5.41, 5.74) is 1.40. The van der Waals surface area contributed by atoms with Gasteiger partial charge in [-0.2, -0.15) is 0 Å². The van der Waals surface area contributed by atoms with E-state index in [1.54, 1.807) is 13.0 Å². The second-order valence-corrected chi connectivity index (χ2v) is 19.1. The molecule has 5 fully saturated rings. The van der Waals surface area contributed by atoms with Crippen molar-refractivity contribution in [2.75, 3.05) is 13.2 Å². The minimum Gasteiger partial charge on any atom is -0.396 e. The third kappa shape index (κ3) is 6.53. The van der Waals surface area contributed by atoms with Crippen LogP contribution in [0.2, 0.25) is 0 Å². The number of carbonyl (C=O) groups is 1. The fourth-order valence-electron chi connectivity index (χ4n) is 12.8. The van der Waals surface area contributed by atoms with Gasteiger partial charge in [0.1, 0.15) is 12.2 Å². The quantitative estimate of drug-likeness (QED) is 0.0881. The number of epoxide rings is 1. The first-order chi connectivity index (χ1) is 24.1. The van der Waals surface area contributed by atoms with Crippen LogP contribution in [-0.2, 0) is 9.53 Å². The fraction of sp³-hybridized carbons (Fsp3) is 0.929. The summed E-state index contributed by atoms with van der Waals surface area (Å²) in [5, 5.41) is 63.0. The lowest BCUT2D eigenvalue weighted by atomic mass is 9.44. The predicted molar refractivity (Wildman–Crippen MR) is 198 cm³/mol. The molecule has 0 aromatic heterocycles. The normalized spacial score (nSPS) is 44.3. The van der Waals surface area contributed by atoms with Crippen LogP contribution in [0.25, 0.3) is 0 Å². The van der Waals surface area contributed by atoms with Gasteiger partial charge in [0.2, 0.25) is 0 Å². The van der Waals surface area contributed by atoms with Crippen molar-refractivity contribution in [2.45, 2.75) is 191 Å². The monoisotopic (exact) mass is 717 g/mol. The number of allylic oxidation sites excluding steroid dienone is 1. The summed E-state index contributed by atoms with van der Waals surface area (Å²) in [6.07, 6.45) is 14.8. The van der Waals surface area contributed by atoms with Gasteiger partial charge in [-0.05, 0) is 132 Å². The number of ether oxygens (including phenoxy) is 1. The summed E-state index contributed by atoms with van der Waals surface area (Å²) in [6, 6.07) is 0. The van der Waals surface area contributed by atoms with E-state index >= 15 is 0 Å². The number of nitrogens with one attached hydrogen (secondary N) is 1. The number of nitrogens with two attached hydrogens (primary N) is 1. The number of hydrogen-bond donors (Lipinski definition) is 7. The molecular weight excluding hydrogens is 644 g/mol. The van der Waals surface area contributed by atoms with E-state index in [-0.39, 0.29) is 41.7 Å². The standard InChI is InChI=1S/C42H72N2O7/c1-6-8-9-10-17-40-20-12-28(46)24-31(40)32(47)25-30-29(40)13-19-38(4)33(14-21-42(30,38)50)41(49,16-7-2)36-35(51-36)39(5,48)37(3,26-45)18-11-27-15-22-44-34(43)23-27/h25,27-29,31,33-36,44-46,48-50H,6-24,26,43H2,1-5H3/t27?,28-,29-,31-,33-,34?,35-,36+,37-,38-,39-,40+,41+,42+/m0/s1. The highest BCUT2D eigenvalue weighted by Crippen LogP contribution is 2.70. The molecule has 6 rings (SSSR count). The highest BCUT2D eigenvalue weighted by atomic mass is 16.6. The summed E-state index contributed by atoms with van der Waals surface area (Å²) in [4.78, 5) is 14.1. The number of fused-ring (bicyclic) bond motifs is 5. The lowest BCUT2D eigenvalue weighted by Crippen LogP contribution is -2.62. The van der Waals surface area contributed by atoms with E-state index in [1.807, 2.05) is 6.92 Å². The molecule has 2 aliphatic heterocycles. The van der Waals surface area contributed by atoms with Crippen LogP contribution in [0, 0.1) is 39.9 Å². The van der Waals surface area contributed by atoms with Gasteiger partial charge in [-0.25, -0.2) is 0 Å². The molecule has 0 aromatic carbocycles. The third-order valence-corrected chi connectivity index (χ3v) is 16.3. The lowest BCUT2D eigenvalue weighted by molar-refractivity contribution is -0.160. The lowest BCUT2D eigenvalue weighted by Gasteiger charge is -2.61. The highest BCUT2D eigenvalue weighted by Gasteiger charge is 2.74. The molecule has 0 spiro atoms. The summed E-state index contributed by atoms with van der Waals surface area (Å²) in [5.74, 6) is 0.0925. The number of piperidine rings is 1. The maximum Gasteiger partial charge on any atom is 0.159 e. The van der Waals surface area contributed by atoms with Crippen molar-refractivity contribution in [2.24, 2.45) is 45.7 Å². The van der Waals surface area contributed by atoms with E-state index in [1.165, 1.54) is 6.42 Å². The van der Waals surface area contributed by atoms with E-state index in [0.717, 1.165) is 82.7 Å². The minimum atomic E-state index is -1.39. The van der Waals surface area contributed by atoms with Crippen LogP contribution >= 0.6 is 0 Å². The van der Waals surface area contributed by atoms with Crippen LogP contribution in [0.1, 0.15) is 150 Å². The fourth-order valence-corrected chi connectivity index (χ4v) is 12.8. The largest absolute Gasteiger partial charge is 0.396 e. The van der Waals surface area contributed by atoms with Crippen molar-refractivity contribution in [3.05, 3.63) is 11.6 Å². The Labute approximate surface area is 307 Å². The summed E-state index contributed by atoms with van der Waals surface area (Å²) >= 11 is 0. The zero-order chi connectivity index (χ0) is 37.0. The van der Waals surface area contributed by atoms with Crippen molar-refractivity contribution < 1.29 is 35.1 Å². The van der Waals surface area contributed by atoms with E-state index in [0.29, 0.717) is 44.4 Å². The molecular formula is C42H72N2O7. The maximum absolute atomic E-state index is 14.1. The molecule has 3 saturated carbocycles. The molecule has 8 N–H and O–H groups in total. The van der Waals surface area contributed by atoms with E-state index in [4.69, 9.17) is 10.5 Å². The van der Waals surface area contributed by atoms with Crippen LogP contribution in [-0.4, -0.2) is 85.7 Å². The van der Waals surface area contributed by atoms with Gasteiger partial charge < -0.3 is 41.3 Å². The SMILES string of the molecule is CCCCCC[C@]12CC[C@H](O)C[C@H]1C(=O)C=C1[C@@H]2CC[C@@]2(C)[C@@H]([C@](O)(CCC)[C@@H]3O[C@@H]3[C@](C)(O)[C@](C)(CO)CCC3CCNC(N)C3)CC[C@@]12O. The Kier molecular flexibility index (Phi) is 11.4. The van der Waals surface area contributed by atoms with Gasteiger partial charge in [-0.1, -0.05) is 59.8 Å². The van der Waals surface area contributed by atoms with Gasteiger partial charge in [0, 0.05) is 16.7 Å². The molecule has 0 bridgehead atoms. The molecule has 6 aliphatic rings. The summed E-state index contributed by atoms with van der Waals surface area (Å²) in [7, 11) is 0. The predicted octanol–water partition coefficient (Wildman–Crippen LogP) is 5.28. The maximum atomic E-state index is 14.1. The Hall–Kier alpha value is -0.910. The van der Waals surface area contributed by atoms with Crippen LogP contribution in [0.3, 0.4) is 0 Å². The number of rotatable bonds is 15. The molecule has 14 atom stereocenters. The highest BCUT2D eigenvalue weighted by molar-refractivity contribution is 5.95. The smallest absolute Gasteiger partial charge is 0.159 e. The van der Waals surface area contributed by atoms with Crippen LogP contribution in [0.5, 0.6) is 0 Å². The molecule has 2 heterocycles. The van der Waals surface area contributed by atoms with E-state index < -0.39 is 45.9 Å². The summed E-state index contributed by atoms with van der Waals surface area (Å²) < 4.78 is 6.40. The average molecular weight is 717 g/mol. The third-order valence-electron chi connectivity index (χ3n) is 16.3. The number of aliphatic hydroxyl groups is 5. The van der Waals surface area contributed by atoms with Gasteiger partial charge in [0.25, 0.3) is 0 Å². The summed E-state index contributed by atoms with van der Waals surface area (Å²) in [6.45, 7) is 10.8. The van der Waals surface area contributed by atoms with Crippen molar-refractivity contribution in [3.63, 3.8) is 0 Å². The van der Waals surface area contributed by atoms with E-state index in [9.17, 15) is 30.3 Å². The molecule has 0 aromatic rings. The Morgan fingerprint density at radius 1 is 0.961 bits per heavy atom. The van der Waals surface area contributed by atoms with Gasteiger partial charge >= 0.3 is 0 Å². The van der Waals surface area contributed by atoms with Crippen LogP contribution in [0.15, 0.2) is 11.6 Å². The number of unbranched alkanes of at least 4 members (excludes halogenated alkanes) is 3. The van der Waals surface area contributed by atoms with Gasteiger partial charge in [-0.15, -0.1) is 0 Å². The molecule has 9 nitrogen and oxygen atoms in total. The first-order valence-corrected chi connectivity index (χ1v) is 20.9. The molecule has 2 saturated heterocycles. The Morgan fingerprint density at radius 3 is 2.41 bits per heavy atom. The zero-order valence-corrected chi connectivity index (χ0v) is 32.5. The molecule has 9 heteroatoms. The molecule has 2 unspecified atom stereocenters. The van der Waals surface area contributed by atoms with Crippen molar-refractivity contribution >= 4 is 5.78 Å². The molecule has 0 amide bonds. The van der Waals surface area contributed by atoms with Gasteiger partial charge in [-0.3, -0.25) is 4.79 Å². The Balaban J connectivity index is 1.26. The number of ketones is 1. The Bertz CT molecular complexity index is 1290. The van der Waals surface area contributed by atoms with Gasteiger partial charge in [0.15, 0.2) is 5.78 Å². The van der Waals surface area contributed by atoms with Crippen molar-refractivity contribution in [1.29, 1.82) is 0 Å². The minimum absolute atomic E-state index is 0.0258. The first-order valence-electron chi connectivity index (χ1n) is 20.9. The topological polar surface area (TPSA) is 169 Å². The molecule has 4 aliphatic carbocycles. The van der Waals surface area contributed by atoms with Crippen LogP contribution in [0.4, 0.5) is 0 Å². The number of hydrogen-bond acceptors (Lipinski definition) is 9. The number of carbonyl (C=O) groups excluding carboxylic acids is 1. The zero-order valence-electron chi connectivity index (χ0n) is 32.5. The first kappa shape index (κ1) is 39.8. The molecule has 292 valence electrons. The van der Waals surface area contributed by atoms with Gasteiger partial charge in [0.05, 0.1) is 35.7 Å². The van der Waals surface area contributed by atoms with Crippen LogP contribution < -0.4 is 11.1 Å². The molecule has 51 heavy (non-hydrogen) atoms. The molecule has 0 radical (unpaired) electrons. The average Bonchev–Trinajstić information content (AvgIpc) is 3.86. The second-order valence-electron chi connectivity index (χ2n) is 19.1. The van der Waals surface area contributed by atoms with E-state index in [2.05, 4.69) is 26.1 Å². The Morgan fingerprint density at radius 2 is 1.73 bits per heavy atom.